The van der Waals surface area contributed by atoms with Gasteiger partial charge in [0.05, 0.1) is 0 Å². The fourth-order valence-electron chi connectivity index (χ4n) is 1.46. The van der Waals surface area contributed by atoms with Crippen molar-refractivity contribution in [3.63, 3.8) is 0 Å². The summed E-state index contributed by atoms with van der Waals surface area (Å²) in [5, 5.41) is 0. The minimum absolute atomic E-state index is 0.136. The van der Waals surface area contributed by atoms with Crippen LogP contribution in [0.25, 0.3) is 0 Å². The normalized spacial score (nSPS) is 10.8. The number of benzene rings is 1. The van der Waals surface area contributed by atoms with Crippen molar-refractivity contribution in [3.05, 3.63) is 35.6 Å². The third-order valence-electron chi connectivity index (χ3n) is 2.63. The molecule has 0 atom stereocenters. The molecular formula is C14H21FN2OS2. The molecule has 1 rings (SSSR count). The largest absolute Gasteiger partial charge is 0.341 e. The molecule has 0 saturated heterocycles. The monoisotopic (exact) mass is 316 g/mol. The first-order valence-corrected chi connectivity index (χ1v) is 8.89. The van der Waals surface area contributed by atoms with Gasteiger partial charge in [0.1, 0.15) is 5.82 Å². The zero-order valence-electron chi connectivity index (χ0n) is 12.1. The van der Waals surface area contributed by atoms with Crippen LogP contribution in [0, 0.1) is 5.82 Å². The Bertz CT molecular complexity index is 429. The number of hydrogen-bond donors (Lipinski definition) is 0. The van der Waals surface area contributed by atoms with Gasteiger partial charge in [0.2, 0.25) is 0 Å². The van der Waals surface area contributed by atoms with Crippen molar-refractivity contribution in [1.29, 1.82) is 0 Å². The third kappa shape index (κ3) is 6.63. The van der Waals surface area contributed by atoms with E-state index in [9.17, 15) is 9.18 Å². The SMILES string of the molecule is CN(C)CCSSCCN(C)C(=O)c1cccc(F)c1. The molecule has 0 aliphatic carbocycles. The Hall–Kier alpha value is -0.720. The fourth-order valence-corrected chi connectivity index (χ4v) is 3.63. The number of nitrogens with zero attached hydrogens (tertiary/aromatic N) is 2. The Labute approximate surface area is 128 Å². The number of carbonyl (C=O) groups excluding carboxylic acids is 1. The van der Waals surface area contributed by atoms with Gasteiger partial charge in [-0.1, -0.05) is 27.7 Å². The van der Waals surface area contributed by atoms with Gasteiger partial charge in [-0.3, -0.25) is 4.79 Å². The van der Waals surface area contributed by atoms with Gasteiger partial charge in [-0.25, -0.2) is 4.39 Å². The summed E-state index contributed by atoms with van der Waals surface area (Å²) in [5.74, 6) is 1.43. The predicted octanol–water partition coefficient (Wildman–Crippen LogP) is 2.84. The molecule has 20 heavy (non-hydrogen) atoms. The van der Waals surface area contributed by atoms with Gasteiger partial charge in [0.15, 0.2) is 0 Å². The highest BCUT2D eigenvalue weighted by Crippen LogP contribution is 2.20. The molecule has 1 aromatic rings. The summed E-state index contributed by atoms with van der Waals surface area (Å²) in [6, 6.07) is 5.81. The second kappa shape index (κ2) is 9.26. The summed E-state index contributed by atoms with van der Waals surface area (Å²) in [7, 11) is 9.42. The molecule has 0 saturated carbocycles. The summed E-state index contributed by atoms with van der Waals surface area (Å²) in [4.78, 5) is 15.8. The van der Waals surface area contributed by atoms with Crippen LogP contribution in [0.15, 0.2) is 24.3 Å². The molecule has 0 bridgehead atoms. The van der Waals surface area contributed by atoms with E-state index in [1.54, 1.807) is 34.9 Å². The van der Waals surface area contributed by atoms with E-state index < -0.39 is 0 Å². The van der Waals surface area contributed by atoms with E-state index >= 15 is 0 Å². The average molecular weight is 316 g/mol. The Morgan fingerprint density at radius 1 is 1.15 bits per heavy atom. The van der Waals surface area contributed by atoms with Gasteiger partial charge in [-0.05, 0) is 32.3 Å². The minimum Gasteiger partial charge on any atom is -0.341 e. The Morgan fingerprint density at radius 2 is 1.80 bits per heavy atom. The van der Waals surface area contributed by atoms with Gasteiger partial charge in [-0.2, -0.15) is 0 Å². The molecule has 0 aliphatic rings. The predicted molar refractivity (Wildman–Crippen MR) is 86.8 cm³/mol. The van der Waals surface area contributed by atoms with Crippen molar-refractivity contribution in [1.82, 2.24) is 9.80 Å². The number of amides is 1. The summed E-state index contributed by atoms with van der Waals surface area (Å²) in [6.07, 6.45) is 0. The van der Waals surface area contributed by atoms with E-state index in [1.165, 1.54) is 12.1 Å². The van der Waals surface area contributed by atoms with Crippen LogP contribution in [0.2, 0.25) is 0 Å². The molecule has 1 aromatic carbocycles. The van der Waals surface area contributed by atoms with E-state index in [4.69, 9.17) is 0 Å². The number of hydrogen-bond acceptors (Lipinski definition) is 4. The standard InChI is InChI=1S/C14H21FN2OS2/c1-16(2)7-9-19-20-10-8-17(3)14(18)12-5-4-6-13(15)11-12/h4-6,11H,7-10H2,1-3H3. The van der Waals surface area contributed by atoms with Crippen LogP contribution in [0.4, 0.5) is 4.39 Å². The van der Waals surface area contributed by atoms with Crippen LogP contribution in [-0.2, 0) is 0 Å². The molecule has 0 spiro atoms. The van der Waals surface area contributed by atoms with Crippen LogP contribution in [0.5, 0.6) is 0 Å². The lowest BCUT2D eigenvalue weighted by Gasteiger charge is -2.17. The van der Waals surface area contributed by atoms with Crippen molar-refractivity contribution >= 4 is 27.5 Å². The van der Waals surface area contributed by atoms with Crippen LogP contribution in [0.3, 0.4) is 0 Å². The zero-order chi connectivity index (χ0) is 15.0. The first-order chi connectivity index (χ1) is 9.50. The van der Waals surface area contributed by atoms with Crippen LogP contribution in [-0.4, -0.2) is 61.4 Å². The van der Waals surface area contributed by atoms with Gasteiger partial charge in [0.25, 0.3) is 5.91 Å². The van der Waals surface area contributed by atoms with Crippen molar-refractivity contribution in [2.45, 2.75) is 0 Å². The summed E-state index contributed by atoms with van der Waals surface area (Å²) in [5.41, 5.74) is 0.401. The molecule has 0 aromatic heterocycles. The first kappa shape index (κ1) is 17.3. The van der Waals surface area contributed by atoms with Crippen molar-refractivity contribution in [2.75, 3.05) is 45.7 Å². The Balaban J connectivity index is 2.25. The van der Waals surface area contributed by atoms with E-state index in [0.717, 1.165) is 18.1 Å². The van der Waals surface area contributed by atoms with E-state index in [0.29, 0.717) is 12.1 Å². The molecule has 0 heterocycles. The average Bonchev–Trinajstić information content (AvgIpc) is 2.41. The lowest BCUT2D eigenvalue weighted by atomic mass is 10.2. The summed E-state index contributed by atoms with van der Waals surface area (Å²) < 4.78 is 13.1. The number of halogens is 1. The Morgan fingerprint density at radius 3 is 2.40 bits per heavy atom. The molecular weight excluding hydrogens is 295 g/mol. The molecule has 0 fully saturated rings. The van der Waals surface area contributed by atoms with E-state index in [2.05, 4.69) is 19.0 Å². The second-order valence-corrected chi connectivity index (χ2v) is 7.39. The zero-order valence-corrected chi connectivity index (χ0v) is 13.8. The lowest BCUT2D eigenvalue weighted by Crippen LogP contribution is -2.28. The Kier molecular flexibility index (Phi) is 8.02. The van der Waals surface area contributed by atoms with E-state index in [-0.39, 0.29) is 11.7 Å². The topological polar surface area (TPSA) is 23.6 Å². The van der Waals surface area contributed by atoms with Crippen LogP contribution >= 0.6 is 21.6 Å². The minimum atomic E-state index is -0.377. The molecule has 3 nitrogen and oxygen atoms in total. The maximum Gasteiger partial charge on any atom is 0.253 e. The van der Waals surface area contributed by atoms with Gasteiger partial charge < -0.3 is 9.80 Å². The molecule has 6 heteroatoms. The highest BCUT2D eigenvalue weighted by atomic mass is 33.1. The molecule has 0 radical (unpaired) electrons. The second-order valence-electron chi connectivity index (χ2n) is 4.68. The van der Waals surface area contributed by atoms with Gasteiger partial charge >= 0.3 is 0 Å². The smallest absolute Gasteiger partial charge is 0.253 e. The molecule has 0 aliphatic heterocycles. The molecule has 0 N–H and O–H groups in total. The fraction of sp³-hybridized carbons (Fsp3) is 0.500. The molecule has 0 unspecified atom stereocenters. The maximum absolute atomic E-state index is 13.1. The van der Waals surface area contributed by atoms with Crippen molar-refractivity contribution in [2.24, 2.45) is 0 Å². The van der Waals surface area contributed by atoms with Gasteiger partial charge in [0, 0.05) is 37.2 Å². The summed E-state index contributed by atoms with van der Waals surface area (Å²) >= 11 is 0. The maximum atomic E-state index is 13.1. The summed E-state index contributed by atoms with van der Waals surface area (Å²) in [6.45, 7) is 1.71. The van der Waals surface area contributed by atoms with Crippen molar-refractivity contribution < 1.29 is 9.18 Å². The quantitative estimate of drug-likeness (QED) is 0.543. The highest BCUT2D eigenvalue weighted by molar-refractivity contribution is 8.76. The van der Waals surface area contributed by atoms with Crippen molar-refractivity contribution in [3.8, 4) is 0 Å². The first-order valence-electron chi connectivity index (χ1n) is 6.41. The lowest BCUT2D eigenvalue weighted by molar-refractivity contribution is 0.0803. The molecule has 1 amide bonds. The molecule has 112 valence electrons. The van der Waals surface area contributed by atoms with Gasteiger partial charge in [-0.15, -0.1) is 0 Å². The number of rotatable bonds is 8. The van der Waals surface area contributed by atoms with Crippen LogP contribution < -0.4 is 0 Å². The highest BCUT2D eigenvalue weighted by Gasteiger charge is 2.11. The van der Waals surface area contributed by atoms with E-state index in [1.807, 2.05) is 10.8 Å². The number of carbonyl (C=O) groups is 1. The third-order valence-corrected chi connectivity index (χ3v) is 5.00. The van der Waals surface area contributed by atoms with Crippen LogP contribution in [0.1, 0.15) is 10.4 Å².